The zero-order valence-corrected chi connectivity index (χ0v) is 16.3. The second-order valence-corrected chi connectivity index (χ2v) is 7.81. The second kappa shape index (κ2) is 7.40. The van der Waals surface area contributed by atoms with Crippen LogP contribution in [0.1, 0.15) is 53.4 Å². The van der Waals surface area contributed by atoms with Crippen molar-refractivity contribution in [3.05, 3.63) is 70.8 Å². The topological polar surface area (TPSA) is 66.0 Å². The predicted octanol–water partition coefficient (Wildman–Crippen LogP) is 4.72. The van der Waals surface area contributed by atoms with E-state index in [0.29, 0.717) is 23.0 Å². The third kappa shape index (κ3) is 2.73. The Morgan fingerprint density at radius 3 is 1.46 bits per heavy atom. The SMILES string of the molecule is COC1(OC)C(c2ccc(C#N)cc2)C2CCCC2C1c1ccc(C#N)cc1. The van der Waals surface area contributed by atoms with Gasteiger partial charge in [0.15, 0.2) is 5.79 Å². The monoisotopic (exact) mass is 372 g/mol. The largest absolute Gasteiger partial charge is 0.352 e. The molecule has 4 heteroatoms. The lowest BCUT2D eigenvalue weighted by molar-refractivity contribution is -0.226. The van der Waals surface area contributed by atoms with Gasteiger partial charge in [0, 0.05) is 26.1 Å². The van der Waals surface area contributed by atoms with Crippen LogP contribution in [0.2, 0.25) is 0 Å². The summed E-state index contributed by atoms with van der Waals surface area (Å²) in [4.78, 5) is 0. The van der Waals surface area contributed by atoms with Crippen LogP contribution in [0.25, 0.3) is 0 Å². The van der Waals surface area contributed by atoms with Crippen LogP contribution in [0.15, 0.2) is 48.5 Å². The molecule has 2 saturated carbocycles. The summed E-state index contributed by atoms with van der Waals surface area (Å²) >= 11 is 0. The van der Waals surface area contributed by atoms with Gasteiger partial charge in [0.05, 0.1) is 23.3 Å². The van der Waals surface area contributed by atoms with Crippen molar-refractivity contribution in [2.75, 3.05) is 14.2 Å². The molecule has 4 nitrogen and oxygen atoms in total. The van der Waals surface area contributed by atoms with Crippen molar-refractivity contribution < 1.29 is 9.47 Å². The van der Waals surface area contributed by atoms with E-state index in [2.05, 4.69) is 12.1 Å². The highest BCUT2D eigenvalue weighted by Crippen LogP contribution is 2.64. The summed E-state index contributed by atoms with van der Waals surface area (Å²) in [6.07, 6.45) is 3.51. The van der Waals surface area contributed by atoms with Crippen molar-refractivity contribution in [1.29, 1.82) is 10.5 Å². The molecule has 0 amide bonds. The van der Waals surface area contributed by atoms with Crippen LogP contribution in [0.3, 0.4) is 0 Å². The normalized spacial score (nSPS) is 27.7. The Hall–Kier alpha value is -2.66. The first-order chi connectivity index (χ1) is 13.7. The van der Waals surface area contributed by atoms with E-state index in [1.807, 2.05) is 48.5 Å². The van der Waals surface area contributed by atoms with Gasteiger partial charge in [-0.15, -0.1) is 0 Å². The Morgan fingerprint density at radius 2 is 1.14 bits per heavy atom. The first-order valence-corrected chi connectivity index (χ1v) is 9.79. The molecule has 0 bridgehead atoms. The Balaban J connectivity index is 1.83. The molecule has 0 aromatic heterocycles. The highest BCUT2D eigenvalue weighted by atomic mass is 16.7. The molecule has 2 aliphatic rings. The molecular formula is C24H24N2O2. The quantitative estimate of drug-likeness (QED) is 0.729. The van der Waals surface area contributed by atoms with E-state index in [0.717, 1.165) is 24.0 Å². The van der Waals surface area contributed by atoms with Crippen molar-refractivity contribution in [3.8, 4) is 12.1 Å². The predicted molar refractivity (Wildman–Crippen MR) is 105 cm³/mol. The van der Waals surface area contributed by atoms with E-state index in [-0.39, 0.29) is 11.8 Å². The highest BCUT2D eigenvalue weighted by molar-refractivity contribution is 5.40. The third-order valence-electron chi connectivity index (χ3n) is 6.78. The van der Waals surface area contributed by atoms with Gasteiger partial charge in [0.1, 0.15) is 0 Å². The van der Waals surface area contributed by atoms with Crippen molar-refractivity contribution in [1.82, 2.24) is 0 Å². The Bertz CT molecular complexity index is 844. The molecule has 2 aromatic carbocycles. The van der Waals surface area contributed by atoms with Crippen LogP contribution in [-0.4, -0.2) is 20.0 Å². The zero-order chi connectivity index (χ0) is 19.7. The number of methoxy groups -OCH3 is 2. The summed E-state index contributed by atoms with van der Waals surface area (Å²) in [7, 11) is 3.47. The number of hydrogen-bond donors (Lipinski definition) is 0. The van der Waals surface area contributed by atoms with Crippen LogP contribution in [0.4, 0.5) is 0 Å². The fourth-order valence-electron chi connectivity index (χ4n) is 5.72. The maximum Gasteiger partial charge on any atom is 0.181 e. The van der Waals surface area contributed by atoms with Gasteiger partial charge in [-0.1, -0.05) is 30.7 Å². The van der Waals surface area contributed by atoms with Crippen LogP contribution in [0.5, 0.6) is 0 Å². The molecule has 2 aliphatic carbocycles. The summed E-state index contributed by atoms with van der Waals surface area (Å²) in [6.45, 7) is 0. The molecule has 2 fully saturated rings. The molecule has 4 atom stereocenters. The first kappa shape index (κ1) is 18.7. The second-order valence-electron chi connectivity index (χ2n) is 7.81. The summed E-state index contributed by atoms with van der Waals surface area (Å²) in [6, 6.07) is 20.1. The highest BCUT2D eigenvalue weighted by Gasteiger charge is 2.63. The standard InChI is InChI=1S/C24H24N2O2/c1-27-24(28-2)22(18-10-6-16(14-25)7-11-18)20-4-3-5-21(20)23(24)19-12-8-17(15-26)9-13-19/h6-13,20-23H,3-5H2,1-2H3. The number of rotatable bonds is 4. The van der Waals surface area contributed by atoms with Crippen molar-refractivity contribution in [2.24, 2.45) is 11.8 Å². The Morgan fingerprint density at radius 1 is 0.750 bits per heavy atom. The molecule has 0 saturated heterocycles. The van der Waals surface area contributed by atoms with Crippen LogP contribution >= 0.6 is 0 Å². The molecule has 142 valence electrons. The van der Waals surface area contributed by atoms with E-state index in [4.69, 9.17) is 20.0 Å². The number of nitriles is 2. The fourth-order valence-corrected chi connectivity index (χ4v) is 5.72. The maximum absolute atomic E-state index is 9.15. The van der Waals surface area contributed by atoms with Gasteiger partial charge in [-0.3, -0.25) is 0 Å². The van der Waals surface area contributed by atoms with Crippen molar-refractivity contribution in [2.45, 2.75) is 36.9 Å². The molecule has 0 radical (unpaired) electrons. The number of benzene rings is 2. The van der Waals surface area contributed by atoms with E-state index >= 15 is 0 Å². The minimum Gasteiger partial charge on any atom is -0.352 e. The van der Waals surface area contributed by atoms with Gasteiger partial charge in [-0.2, -0.15) is 10.5 Å². The fraction of sp³-hybridized carbons (Fsp3) is 0.417. The minimum atomic E-state index is -0.766. The molecule has 0 aliphatic heterocycles. The summed E-state index contributed by atoms with van der Waals surface area (Å²) in [5.74, 6) is 0.367. The minimum absolute atomic E-state index is 0.100. The molecule has 28 heavy (non-hydrogen) atoms. The lowest BCUT2D eigenvalue weighted by Crippen LogP contribution is -2.43. The lowest BCUT2D eigenvalue weighted by atomic mass is 9.82. The van der Waals surface area contributed by atoms with E-state index in [1.165, 1.54) is 6.42 Å². The third-order valence-corrected chi connectivity index (χ3v) is 6.78. The lowest BCUT2D eigenvalue weighted by Gasteiger charge is -2.40. The van der Waals surface area contributed by atoms with Crippen LogP contribution in [0, 0.1) is 34.5 Å². The van der Waals surface area contributed by atoms with Crippen molar-refractivity contribution >= 4 is 0 Å². The summed E-state index contributed by atoms with van der Waals surface area (Å²) in [5, 5.41) is 18.3. The van der Waals surface area contributed by atoms with E-state index in [1.54, 1.807) is 14.2 Å². The number of nitrogens with zero attached hydrogens (tertiary/aromatic N) is 2. The maximum atomic E-state index is 9.15. The average molecular weight is 372 g/mol. The van der Waals surface area contributed by atoms with Crippen LogP contribution < -0.4 is 0 Å². The van der Waals surface area contributed by atoms with Gasteiger partial charge >= 0.3 is 0 Å². The van der Waals surface area contributed by atoms with E-state index in [9.17, 15) is 0 Å². The first-order valence-electron chi connectivity index (χ1n) is 9.79. The average Bonchev–Trinajstić information content (AvgIpc) is 3.32. The zero-order valence-electron chi connectivity index (χ0n) is 16.3. The molecule has 0 N–H and O–H groups in total. The molecule has 4 unspecified atom stereocenters. The van der Waals surface area contributed by atoms with Gasteiger partial charge in [-0.05, 0) is 60.1 Å². The number of hydrogen-bond acceptors (Lipinski definition) is 4. The molecule has 0 heterocycles. The number of fused-ring (bicyclic) bond motifs is 1. The summed E-state index contributed by atoms with van der Waals surface area (Å²) in [5.41, 5.74) is 3.65. The molecule has 0 spiro atoms. The van der Waals surface area contributed by atoms with Crippen LogP contribution in [-0.2, 0) is 9.47 Å². The van der Waals surface area contributed by atoms with Crippen molar-refractivity contribution in [3.63, 3.8) is 0 Å². The molecular weight excluding hydrogens is 348 g/mol. The number of ether oxygens (including phenoxy) is 2. The Kier molecular flexibility index (Phi) is 4.94. The van der Waals surface area contributed by atoms with Gasteiger partial charge in [0.25, 0.3) is 0 Å². The summed E-state index contributed by atoms with van der Waals surface area (Å²) < 4.78 is 12.4. The van der Waals surface area contributed by atoms with Gasteiger partial charge in [0.2, 0.25) is 0 Å². The van der Waals surface area contributed by atoms with Gasteiger partial charge < -0.3 is 9.47 Å². The van der Waals surface area contributed by atoms with Gasteiger partial charge in [-0.25, -0.2) is 0 Å². The Labute approximate surface area is 166 Å². The smallest absolute Gasteiger partial charge is 0.181 e. The molecule has 2 aromatic rings. The van der Waals surface area contributed by atoms with E-state index < -0.39 is 5.79 Å². The molecule has 4 rings (SSSR count).